The zero-order chi connectivity index (χ0) is 13.5. The number of nitrogens with one attached hydrogen (secondary N) is 1. The maximum absolute atomic E-state index is 5.29. The molecule has 0 aliphatic rings. The van der Waals surface area contributed by atoms with Gasteiger partial charge in [0, 0.05) is 11.8 Å². The van der Waals surface area contributed by atoms with E-state index in [0.29, 0.717) is 5.25 Å². The molecule has 1 aromatic carbocycles. The van der Waals surface area contributed by atoms with E-state index in [9.17, 15) is 0 Å². The van der Waals surface area contributed by atoms with Crippen LogP contribution in [0.25, 0.3) is 0 Å². The minimum absolute atomic E-state index is 0.715. The molecule has 0 amide bonds. The van der Waals surface area contributed by atoms with Gasteiger partial charge in [-0.2, -0.15) is 11.8 Å². The van der Waals surface area contributed by atoms with E-state index in [2.05, 4.69) is 62.5 Å². The Labute approximate surface area is 131 Å². The van der Waals surface area contributed by atoms with E-state index in [1.807, 2.05) is 11.8 Å². The van der Waals surface area contributed by atoms with Crippen molar-refractivity contribution >= 4 is 43.6 Å². The monoisotopic (exact) mass is 395 g/mol. The van der Waals surface area contributed by atoms with Crippen molar-refractivity contribution in [3.63, 3.8) is 0 Å². The third-order valence-corrected chi connectivity index (χ3v) is 4.94. The molecule has 2 nitrogen and oxygen atoms in total. The molecule has 0 spiro atoms. The van der Waals surface area contributed by atoms with Gasteiger partial charge in [-0.15, -0.1) is 0 Å². The molecule has 0 radical (unpaired) electrons. The minimum atomic E-state index is 0.715. The lowest BCUT2D eigenvalue weighted by molar-refractivity contribution is 0.409. The Hall–Kier alpha value is 0.290. The molecule has 5 heteroatoms. The maximum Gasteiger partial charge on any atom is 0.147 e. The van der Waals surface area contributed by atoms with Gasteiger partial charge in [-0.25, -0.2) is 0 Å². The summed E-state index contributed by atoms with van der Waals surface area (Å²) in [6, 6.07) is 4.18. The number of thioether (sulfide) groups is 1. The van der Waals surface area contributed by atoms with Gasteiger partial charge >= 0.3 is 0 Å². The number of halogens is 2. The molecular weight excluding hydrogens is 378 g/mol. The summed E-state index contributed by atoms with van der Waals surface area (Å²) in [4.78, 5) is 0. The molecule has 1 atom stereocenters. The summed E-state index contributed by atoms with van der Waals surface area (Å²) in [6.45, 7) is 4.18. The standard InChI is InChI=1S/C13H19Br2NOS/c1-9(18-3)4-5-16-8-10-6-11(14)13(17-2)12(15)7-10/h6-7,9,16H,4-5,8H2,1-3H3. The lowest BCUT2D eigenvalue weighted by Gasteiger charge is -2.11. The van der Waals surface area contributed by atoms with Crippen molar-refractivity contribution in [3.8, 4) is 5.75 Å². The fourth-order valence-corrected chi connectivity index (χ4v) is 3.52. The number of ether oxygens (including phenoxy) is 1. The Balaban J connectivity index is 2.48. The van der Waals surface area contributed by atoms with Crippen LogP contribution in [0, 0.1) is 0 Å². The number of benzene rings is 1. The molecule has 1 N–H and O–H groups in total. The van der Waals surface area contributed by atoms with Gasteiger partial charge in [-0.1, -0.05) is 6.92 Å². The first-order chi connectivity index (χ1) is 8.58. The van der Waals surface area contributed by atoms with Crippen molar-refractivity contribution < 1.29 is 4.74 Å². The fraction of sp³-hybridized carbons (Fsp3) is 0.538. The van der Waals surface area contributed by atoms with Crippen molar-refractivity contribution in [1.29, 1.82) is 0 Å². The van der Waals surface area contributed by atoms with Crippen LogP contribution in [0.4, 0.5) is 0 Å². The van der Waals surface area contributed by atoms with Crippen LogP contribution in [-0.2, 0) is 6.54 Å². The van der Waals surface area contributed by atoms with Gasteiger partial charge in [0.15, 0.2) is 0 Å². The number of rotatable bonds is 7. The van der Waals surface area contributed by atoms with Crippen LogP contribution in [-0.4, -0.2) is 25.2 Å². The highest BCUT2D eigenvalue weighted by atomic mass is 79.9. The molecule has 0 bridgehead atoms. The van der Waals surface area contributed by atoms with Gasteiger partial charge < -0.3 is 10.1 Å². The summed E-state index contributed by atoms with van der Waals surface area (Å²) in [5.74, 6) is 0.842. The summed E-state index contributed by atoms with van der Waals surface area (Å²) in [7, 11) is 1.67. The lowest BCUT2D eigenvalue weighted by atomic mass is 10.2. The highest BCUT2D eigenvalue weighted by Gasteiger charge is 2.07. The lowest BCUT2D eigenvalue weighted by Crippen LogP contribution is -2.17. The third-order valence-electron chi connectivity index (χ3n) is 2.72. The van der Waals surface area contributed by atoms with E-state index in [0.717, 1.165) is 27.8 Å². The molecule has 0 saturated carbocycles. The maximum atomic E-state index is 5.29. The van der Waals surface area contributed by atoms with E-state index in [1.54, 1.807) is 7.11 Å². The Morgan fingerprint density at radius 3 is 2.44 bits per heavy atom. The van der Waals surface area contributed by atoms with Crippen LogP contribution in [0.3, 0.4) is 0 Å². The van der Waals surface area contributed by atoms with Gasteiger partial charge in [0.25, 0.3) is 0 Å². The van der Waals surface area contributed by atoms with Gasteiger partial charge in [-0.3, -0.25) is 0 Å². The first kappa shape index (κ1) is 16.3. The van der Waals surface area contributed by atoms with Crippen LogP contribution in [0.1, 0.15) is 18.9 Å². The van der Waals surface area contributed by atoms with Crippen LogP contribution in [0.15, 0.2) is 21.1 Å². The number of hydrogen-bond acceptors (Lipinski definition) is 3. The van der Waals surface area contributed by atoms with Crippen LogP contribution >= 0.6 is 43.6 Å². The zero-order valence-electron chi connectivity index (χ0n) is 10.9. The molecule has 1 unspecified atom stereocenters. The predicted octanol–water partition coefficient (Wildman–Crippen LogP) is 4.45. The molecule has 1 rings (SSSR count). The normalized spacial score (nSPS) is 12.5. The van der Waals surface area contributed by atoms with Crippen LogP contribution < -0.4 is 10.1 Å². The van der Waals surface area contributed by atoms with E-state index < -0.39 is 0 Å². The van der Waals surface area contributed by atoms with E-state index in [-0.39, 0.29) is 0 Å². The SMILES string of the molecule is COc1c(Br)cc(CNCCC(C)SC)cc1Br. The average Bonchev–Trinajstić information content (AvgIpc) is 2.34. The molecular formula is C13H19Br2NOS. The van der Waals surface area contributed by atoms with Gasteiger partial charge in [-0.05, 0) is 68.8 Å². The van der Waals surface area contributed by atoms with Crippen molar-refractivity contribution in [2.24, 2.45) is 0 Å². The molecule has 0 saturated heterocycles. The molecule has 0 aliphatic heterocycles. The van der Waals surface area contributed by atoms with E-state index >= 15 is 0 Å². The molecule has 0 fully saturated rings. The van der Waals surface area contributed by atoms with Gasteiger partial charge in [0.05, 0.1) is 16.1 Å². The van der Waals surface area contributed by atoms with Crippen molar-refractivity contribution in [2.45, 2.75) is 25.1 Å². The summed E-state index contributed by atoms with van der Waals surface area (Å²) in [5, 5.41) is 4.18. The van der Waals surface area contributed by atoms with Crippen molar-refractivity contribution in [1.82, 2.24) is 5.32 Å². The molecule has 0 heterocycles. The summed E-state index contributed by atoms with van der Waals surface area (Å²) in [5.41, 5.74) is 1.24. The van der Waals surface area contributed by atoms with Crippen LogP contribution in [0.5, 0.6) is 5.75 Å². The second-order valence-electron chi connectivity index (χ2n) is 4.10. The highest BCUT2D eigenvalue weighted by molar-refractivity contribution is 9.11. The molecule has 0 aliphatic carbocycles. The molecule has 102 valence electrons. The first-order valence-electron chi connectivity index (χ1n) is 5.84. The van der Waals surface area contributed by atoms with Gasteiger partial charge in [0.2, 0.25) is 0 Å². The Morgan fingerprint density at radius 2 is 1.94 bits per heavy atom. The van der Waals surface area contributed by atoms with Crippen molar-refractivity contribution in [2.75, 3.05) is 19.9 Å². The first-order valence-corrected chi connectivity index (χ1v) is 8.71. The van der Waals surface area contributed by atoms with E-state index in [1.165, 1.54) is 12.0 Å². The Kier molecular flexibility index (Phi) is 7.68. The number of hydrogen-bond donors (Lipinski definition) is 1. The summed E-state index contributed by atoms with van der Waals surface area (Å²) in [6.07, 6.45) is 3.35. The van der Waals surface area contributed by atoms with E-state index in [4.69, 9.17) is 4.74 Å². The quantitative estimate of drug-likeness (QED) is 0.687. The minimum Gasteiger partial charge on any atom is -0.494 e. The molecule has 0 aromatic heterocycles. The number of methoxy groups -OCH3 is 1. The van der Waals surface area contributed by atoms with Crippen molar-refractivity contribution in [3.05, 3.63) is 26.6 Å². The predicted molar refractivity (Wildman–Crippen MR) is 87.7 cm³/mol. The third kappa shape index (κ3) is 5.11. The molecule has 1 aromatic rings. The highest BCUT2D eigenvalue weighted by Crippen LogP contribution is 2.34. The summed E-state index contributed by atoms with van der Waals surface area (Å²) < 4.78 is 7.25. The fourth-order valence-electron chi connectivity index (χ4n) is 1.57. The van der Waals surface area contributed by atoms with Gasteiger partial charge in [0.1, 0.15) is 5.75 Å². The van der Waals surface area contributed by atoms with Crippen LogP contribution in [0.2, 0.25) is 0 Å². The second-order valence-corrected chi connectivity index (χ2v) is 7.09. The average molecular weight is 397 g/mol. The zero-order valence-corrected chi connectivity index (χ0v) is 14.9. The summed E-state index contributed by atoms with van der Waals surface area (Å²) >= 11 is 8.94. The Morgan fingerprint density at radius 1 is 1.33 bits per heavy atom. The Bertz CT molecular complexity index is 364. The second kappa shape index (κ2) is 8.46. The smallest absolute Gasteiger partial charge is 0.147 e. The molecule has 18 heavy (non-hydrogen) atoms. The largest absolute Gasteiger partial charge is 0.494 e. The topological polar surface area (TPSA) is 21.3 Å².